The molecule has 2 heterocycles. The predicted molar refractivity (Wildman–Crippen MR) is 85.1 cm³/mol. The molecule has 21 heavy (non-hydrogen) atoms. The zero-order chi connectivity index (χ0) is 14.7. The molecule has 1 aliphatic carbocycles. The number of nitrogens with one attached hydrogen (secondary N) is 1. The summed E-state index contributed by atoms with van der Waals surface area (Å²) in [5.41, 5.74) is 2.38. The van der Waals surface area contributed by atoms with E-state index in [1.807, 2.05) is 18.4 Å². The van der Waals surface area contributed by atoms with Crippen LogP contribution in [0.25, 0.3) is 0 Å². The lowest BCUT2D eigenvalue weighted by molar-refractivity contribution is 0.384. The Bertz CT molecular complexity index is 588. The number of hydrogen-bond acceptors (Lipinski definition) is 5. The summed E-state index contributed by atoms with van der Waals surface area (Å²) in [6.07, 6.45) is 9.78. The minimum absolute atomic E-state index is 0.0468. The van der Waals surface area contributed by atoms with Crippen molar-refractivity contribution in [1.82, 2.24) is 15.3 Å². The quantitative estimate of drug-likeness (QED) is 0.882. The van der Waals surface area contributed by atoms with Crippen molar-refractivity contribution in [2.45, 2.75) is 38.1 Å². The molecule has 0 spiro atoms. The van der Waals surface area contributed by atoms with Crippen LogP contribution >= 0.6 is 11.3 Å². The van der Waals surface area contributed by atoms with E-state index in [1.165, 1.54) is 42.5 Å². The summed E-state index contributed by atoms with van der Waals surface area (Å²) in [7, 11) is 3.60. The number of fused-ring (bicyclic) bond motifs is 1. The van der Waals surface area contributed by atoms with Crippen molar-refractivity contribution >= 4 is 11.3 Å². The molecule has 5 heteroatoms. The third kappa shape index (κ3) is 2.94. The van der Waals surface area contributed by atoms with Crippen LogP contribution in [0.5, 0.6) is 5.88 Å². The third-order valence-corrected chi connectivity index (χ3v) is 5.30. The highest BCUT2D eigenvalue weighted by Crippen LogP contribution is 2.35. The first-order valence-corrected chi connectivity index (χ1v) is 8.28. The van der Waals surface area contributed by atoms with Gasteiger partial charge in [-0.2, -0.15) is 0 Å². The number of methoxy groups -OCH3 is 1. The van der Waals surface area contributed by atoms with E-state index in [9.17, 15) is 0 Å². The van der Waals surface area contributed by atoms with E-state index >= 15 is 0 Å². The second kappa shape index (κ2) is 6.54. The Morgan fingerprint density at radius 1 is 1.19 bits per heavy atom. The first kappa shape index (κ1) is 14.5. The number of aromatic nitrogens is 2. The Labute approximate surface area is 129 Å². The van der Waals surface area contributed by atoms with Crippen molar-refractivity contribution in [3.63, 3.8) is 0 Å². The molecule has 1 atom stereocenters. The highest BCUT2D eigenvalue weighted by molar-refractivity contribution is 7.12. The minimum Gasteiger partial charge on any atom is -0.480 e. The van der Waals surface area contributed by atoms with Crippen LogP contribution in [-0.2, 0) is 12.8 Å². The second-order valence-corrected chi connectivity index (χ2v) is 6.50. The van der Waals surface area contributed by atoms with Gasteiger partial charge in [0.15, 0.2) is 0 Å². The van der Waals surface area contributed by atoms with Crippen molar-refractivity contribution in [2.24, 2.45) is 0 Å². The van der Waals surface area contributed by atoms with Gasteiger partial charge in [0.2, 0.25) is 5.88 Å². The fourth-order valence-electron chi connectivity index (χ4n) is 2.94. The first-order valence-electron chi connectivity index (χ1n) is 7.47. The van der Waals surface area contributed by atoms with Crippen molar-refractivity contribution in [3.8, 4) is 5.88 Å². The van der Waals surface area contributed by atoms with Crippen LogP contribution in [0.3, 0.4) is 0 Å². The fraction of sp³-hybridized carbons (Fsp3) is 0.500. The molecule has 1 aliphatic rings. The molecule has 1 unspecified atom stereocenters. The highest BCUT2D eigenvalue weighted by atomic mass is 32.1. The van der Waals surface area contributed by atoms with E-state index in [4.69, 9.17) is 4.74 Å². The summed E-state index contributed by atoms with van der Waals surface area (Å²) in [6.45, 7) is 0. The number of thiophene rings is 1. The second-order valence-electron chi connectivity index (χ2n) is 5.33. The summed E-state index contributed by atoms with van der Waals surface area (Å²) in [5, 5.41) is 3.36. The standard InChI is InChI=1S/C16H21N3OS/c1-17-14(15-16(20-2)19-9-8-18-15)13-10-11-6-4-3-5-7-12(11)21-13/h8-10,14,17H,3-7H2,1-2H3. The molecule has 0 fully saturated rings. The maximum absolute atomic E-state index is 5.36. The summed E-state index contributed by atoms with van der Waals surface area (Å²) in [4.78, 5) is 11.6. The monoisotopic (exact) mass is 303 g/mol. The maximum atomic E-state index is 5.36. The molecule has 0 saturated carbocycles. The van der Waals surface area contributed by atoms with Gasteiger partial charge >= 0.3 is 0 Å². The van der Waals surface area contributed by atoms with Gasteiger partial charge in [0.1, 0.15) is 5.69 Å². The van der Waals surface area contributed by atoms with Gasteiger partial charge in [-0.05, 0) is 44.4 Å². The molecule has 4 nitrogen and oxygen atoms in total. The van der Waals surface area contributed by atoms with Gasteiger partial charge in [0, 0.05) is 22.1 Å². The van der Waals surface area contributed by atoms with Crippen LogP contribution in [0.2, 0.25) is 0 Å². The number of hydrogen-bond donors (Lipinski definition) is 1. The van der Waals surface area contributed by atoms with Gasteiger partial charge in [-0.3, -0.25) is 4.98 Å². The van der Waals surface area contributed by atoms with Crippen LogP contribution in [0.15, 0.2) is 18.5 Å². The fourth-order valence-corrected chi connectivity index (χ4v) is 4.31. The van der Waals surface area contributed by atoms with Crippen LogP contribution in [-0.4, -0.2) is 24.1 Å². The Morgan fingerprint density at radius 2 is 2.00 bits per heavy atom. The zero-order valence-electron chi connectivity index (χ0n) is 12.6. The van der Waals surface area contributed by atoms with Gasteiger partial charge < -0.3 is 10.1 Å². The number of ether oxygens (including phenoxy) is 1. The van der Waals surface area contributed by atoms with Gasteiger partial charge in [-0.25, -0.2) is 4.98 Å². The zero-order valence-corrected chi connectivity index (χ0v) is 13.4. The molecule has 0 amide bonds. The van der Waals surface area contributed by atoms with E-state index < -0.39 is 0 Å². The van der Waals surface area contributed by atoms with Crippen LogP contribution in [0, 0.1) is 0 Å². The Morgan fingerprint density at radius 3 is 2.81 bits per heavy atom. The number of rotatable bonds is 4. The van der Waals surface area contributed by atoms with Gasteiger partial charge in [0.25, 0.3) is 0 Å². The van der Waals surface area contributed by atoms with Gasteiger partial charge in [-0.1, -0.05) is 6.42 Å². The molecule has 112 valence electrons. The highest BCUT2D eigenvalue weighted by Gasteiger charge is 2.23. The summed E-state index contributed by atoms with van der Waals surface area (Å²) in [5.74, 6) is 0.598. The van der Waals surface area contributed by atoms with E-state index in [1.54, 1.807) is 24.4 Å². The topological polar surface area (TPSA) is 47.0 Å². The third-order valence-electron chi connectivity index (χ3n) is 4.00. The Kier molecular flexibility index (Phi) is 4.51. The van der Waals surface area contributed by atoms with Crippen LogP contribution in [0.1, 0.15) is 46.3 Å². The Balaban J connectivity index is 1.96. The average molecular weight is 303 g/mol. The summed E-state index contributed by atoms with van der Waals surface area (Å²) >= 11 is 1.91. The molecule has 0 bridgehead atoms. The lowest BCUT2D eigenvalue weighted by Gasteiger charge is -2.15. The average Bonchev–Trinajstić information content (AvgIpc) is 2.79. The van der Waals surface area contributed by atoms with Crippen molar-refractivity contribution in [2.75, 3.05) is 14.2 Å². The van der Waals surface area contributed by atoms with Gasteiger partial charge in [0.05, 0.1) is 13.2 Å². The molecule has 0 radical (unpaired) electrons. The van der Waals surface area contributed by atoms with Crippen LogP contribution in [0.4, 0.5) is 0 Å². The largest absolute Gasteiger partial charge is 0.480 e. The van der Waals surface area contributed by atoms with E-state index in [0.29, 0.717) is 5.88 Å². The van der Waals surface area contributed by atoms with E-state index in [-0.39, 0.29) is 6.04 Å². The first-order chi connectivity index (χ1) is 10.3. The minimum atomic E-state index is 0.0468. The van der Waals surface area contributed by atoms with E-state index in [0.717, 1.165) is 5.69 Å². The molecule has 0 aliphatic heterocycles. The van der Waals surface area contributed by atoms with Crippen molar-refractivity contribution < 1.29 is 4.74 Å². The molecule has 3 rings (SSSR count). The number of aryl methyl sites for hydroxylation is 2. The molecule has 2 aromatic heterocycles. The van der Waals surface area contributed by atoms with Crippen LogP contribution < -0.4 is 10.1 Å². The molecular weight excluding hydrogens is 282 g/mol. The predicted octanol–water partition coefficient (Wildman–Crippen LogP) is 3.12. The molecule has 0 saturated heterocycles. The smallest absolute Gasteiger partial charge is 0.237 e. The molecule has 0 aromatic carbocycles. The van der Waals surface area contributed by atoms with Gasteiger partial charge in [-0.15, -0.1) is 11.3 Å². The normalized spacial score (nSPS) is 16.1. The number of nitrogens with zero attached hydrogens (tertiary/aromatic N) is 2. The molecule has 1 N–H and O–H groups in total. The molecule has 2 aromatic rings. The summed E-state index contributed by atoms with van der Waals surface area (Å²) in [6, 6.07) is 2.39. The SMILES string of the molecule is CNC(c1cc2c(s1)CCCCC2)c1nccnc1OC. The lowest BCUT2D eigenvalue weighted by atomic mass is 10.1. The Hall–Kier alpha value is -1.46. The molecular formula is C16H21N3OS. The van der Waals surface area contributed by atoms with Crippen molar-refractivity contribution in [1.29, 1.82) is 0 Å². The van der Waals surface area contributed by atoms with Crippen molar-refractivity contribution in [3.05, 3.63) is 39.5 Å². The maximum Gasteiger partial charge on any atom is 0.237 e. The lowest BCUT2D eigenvalue weighted by Crippen LogP contribution is -2.19. The summed E-state index contributed by atoms with van der Waals surface area (Å²) < 4.78 is 5.36. The van der Waals surface area contributed by atoms with E-state index in [2.05, 4.69) is 21.4 Å².